The molecule has 0 bridgehead atoms. The molecule has 1 saturated heterocycles. The average molecular weight is 691 g/mol. The fraction of sp³-hybridized carbons (Fsp3) is 0.196. The molecule has 2 nitrogen and oxygen atoms in total. The lowest BCUT2D eigenvalue weighted by Gasteiger charge is -2.43. The summed E-state index contributed by atoms with van der Waals surface area (Å²) in [7, 11) is 0. The van der Waals surface area contributed by atoms with Gasteiger partial charge in [0.2, 0.25) is 0 Å². The van der Waals surface area contributed by atoms with Crippen LogP contribution in [-0.2, 0) is 19.0 Å². The molecule has 0 saturated carbocycles. The largest absolute Gasteiger partial charge is 0.461 e. The third kappa shape index (κ3) is 6.55. The number of benzene rings is 6. The number of carbonyl (C=O) groups is 1. The Morgan fingerprint density at radius 1 is 0.500 bits per heavy atom. The fourth-order valence-electron chi connectivity index (χ4n) is 7.35. The van der Waals surface area contributed by atoms with E-state index in [1.54, 1.807) is 0 Å². The minimum atomic E-state index is -0.518. The quantitative estimate of drug-likeness (QED) is 0.0943. The van der Waals surface area contributed by atoms with Gasteiger partial charge in [-0.3, -0.25) is 4.79 Å². The van der Waals surface area contributed by atoms with Gasteiger partial charge < -0.3 is 4.74 Å². The Labute approximate surface area is 305 Å². The molecule has 1 aliphatic rings. The SMILES string of the molecule is CC(C)(SC(c1ccccc1)(c1ccccc1)c1ccccc1)[C@H]1C[C@@H](CSC(c2ccccc2)(c2ccccc2)c2ccccc2)C(=O)O1. The molecule has 0 aromatic heterocycles. The van der Waals surface area contributed by atoms with E-state index in [2.05, 4.69) is 196 Å². The highest BCUT2D eigenvalue weighted by molar-refractivity contribution is 8.02. The number of ether oxygens (including phenoxy) is 1. The Bertz CT molecular complexity index is 1770. The van der Waals surface area contributed by atoms with Gasteiger partial charge in [0.15, 0.2) is 0 Å². The van der Waals surface area contributed by atoms with E-state index < -0.39 is 14.2 Å². The van der Waals surface area contributed by atoms with Crippen molar-refractivity contribution < 1.29 is 9.53 Å². The summed E-state index contributed by atoms with van der Waals surface area (Å²) in [6.45, 7) is 4.49. The molecule has 1 heterocycles. The van der Waals surface area contributed by atoms with Gasteiger partial charge in [-0.2, -0.15) is 0 Å². The first-order valence-electron chi connectivity index (χ1n) is 17.3. The van der Waals surface area contributed by atoms with E-state index in [1.165, 1.54) is 33.4 Å². The van der Waals surface area contributed by atoms with Crippen LogP contribution in [0.4, 0.5) is 0 Å². The molecule has 0 amide bonds. The number of hydrogen-bond donors (Lipinski definition) is 0. The molecule has 250 valence electrons. The van der Waals surface area contributed by atoms with E-state index in [-0.39, 0.29) is 18.0 Å². The van der Waals surface area contributed by atoms with Crippen LogP contribution in [0.5, 0.6) is 0 Å². The van der Waals surface area contributed by atoms with E-state index in [1.807, 2.05) is 23.5 Å². The van der Waals surface area contributed by atoms with Gasteiger partial charge in [0.1, 0.15) is 6.10 Å². The third-order valence-electron chi connectivity index (χ3n) is 9.86. The first kappa shape index (κ1) is 34.0. The summed E-state index contributed by atoms with van der Waals surface area (Å²) in [5.74, 6) is 0.291. The fourth-order valence-corrected chi connectivity index (χ4v) is 10.8. The van der Waals surface area contributed by atoms with Crippen molar-refractivity contribution in [2.45, 2.75) is 40.6 Å². The first-order valence-corrected chi connectivity index (χ1v) is 19.1. The molecular formula is C46H42O2S2. The molecule has 7 rings (SSSR count). The second kappa shape index (κ2) is 14.8. The van der Waals surface area contributed by atoms with Crippen LogP contribution in [0.25, 0.3) is 0 Å². The standard InChI is InChI=1S/C46H42O2S2/c1-44(2,50-46(39-27-15-6-16-28-39,40-29-17-7-18-30-40)41-31-19-8-20-32-41)42-33-35(43(47)48-42)34-49-45(36-21-9-3-10-22-36,37-23-11-4-12-24-37)38-25-13-5-14-26-38/h3-32,35,42H,33-34H2,1-2H3/t35-,42+/m0/s1. The van der Waals surface area contributed by atoms with Gasteiger partial charge in [-0.1, -0.05) is 182 Å². The predicted octanol–water partition coefficient (Wildman–Crippen LogP) is 11.1. The molecule has 1 fully saturated rings. The van der Waals surface area contributed by atoms with Crippen molar-refractivity contribution in [3.8, 4) is 0 Å². The zero-order valence-electron chi connectivity index (χ0n) is 28.5. The van der Waals surface area contributed by atoms with Gasteiger partial charge in [-0.25, -0.2) is 0 Å². The maximum absolute atomic E-state index is 13.9. The summed E-state index contributed by atoms with van der Waals surface area (Å²) in [6, 6.07) is 64.3. The van der Waals surface area contributed by atoms with Crippen LogP contribution in [0.15, 0.2) is 182 Å². The van der Waals surface area contributed by atoms with Gasteiger partial charge in [-0.05, 0) is 53.6 Å². The number of cyclic esters (lactones) is 1. The number of rotatable bonds is 12. The Hall–Kier alpha value is -4.51. The minimum Gasteiger partial charge on any atom is -0.461 e. The summed E-state index contributed by atoms with van der Waals surface area (Å²) < 4.78 is 4.97. The van der Waals surface area contributed by atoms with E-state index in [9.17, 15) is 4.79 Å². The van der Waals surface area contributed by atoms with Crippen molar-refractivity contribution in [2.75, 3.05) is 5.75 Å². The Morgan fingerprint density at radius 3 is 1.12 bits per heavy atom. The number of carbonyl (C=O) groups excluding carboxylic acids is 1. The van der Waals surface area contributed by atoms with Gasteiger partial charge >= 0.3 is 5.97 Å². The van der Waals surface area contributed by atoms with Gasteiger partial charge in [0.05, 0.1) is 15.4 Å². The van der Waals surface area contributed by atoms with Crippen molar-refractivity contribution in [3.63, 3.8) is 0 Å². The van der Waals surface area contributed by atoms with Crippen LogP contribution in [0.1, 0.15) is 53.6 Å². The maximum atomic E-state index is 13.9. The normalized spacial score (nSPS) is 16.6. The lowest BCUT2D eigenvalue weighted by Crippen LogP contribution is -2.39. The van der Waals surface area contributed by atoms with Gasteiger partial charge in [0.25, 0.3) is 0 Å². The topological polar surface area (TPSA) is 26.3 Å². The number of esters is 1. The van der Waals surface area contributed by atoms with Crippen LogP contribution in [-0.4, -0.2) is 22.6 Å². The van der Waals surface area contributed by atoms with Crippen LogP contribution >= 0.6 is 23.5 Å². The van der Waals surface area contributed by atoms with Gasteiger partial charge in [0, 0.05) is 10.5 Å². The Kier molecular flexibility index (Phi) is 10.0. The summed E-state index contributed by atoms with van der Waals surface area (Å²) in [5, 5.41) is 0. The molecule has 0 spiro atoms. The molecular weight excluding hydrogens is 649 g/mol. The van der Waals surface area contributed by atoms with E-state index in [0.717, 1.165) is 0 Å². The number of hydrogen-bond acceptors (Lipinski definition) is 4. The molecule has 1 aliphatic heterocycles. The molecule has 0 radical (unpaired) electrons. The Balaban J connectivity index is 1.22. The lowest BCUT2D eigenvalue weighted by molar-refractivity contribution is -0.144. The van der Waals surface area contributed by atoms with Crippen molar-refractivity contribution in [1.29, 1.82) is 0 Å². The summed E-state index contributed by atoms with van der Waals surface area (Å²) >= 11 is 3.72. The first-order chi connectivity index (χ1) is 24.4. The summed E-state index contributed by atoms with van der Waals surface area (Å²) in [4.78, 5) is 13.9. The zero-order valence-corrected chi connectivity index (χ0v) is 30.2. The highest BCUT2D eigenvalue weighted by Gasteiger charge is 2.50. The van der Waals surface area contributed by atoms with Crippen LogP contribution < -0.4 is 0 Å². The van der Waals surface area contributed by atoms with Crippen LogP contribution in [0, 0.1) is 5.92 Å². The van der Waals surface area contributed by atoms with E-state index >= 15 is 0 Å². The van der Waals surface area contributed by atoms with E-state index in [4.69, 9.17) is 4.74 Å². The predicted molar refractivity (Wildman–Crippen MR) is 211 cm³/mol. The van der Waals surface area contributed by atoms with Crippen molar-refractivity contribution >= 4 is 29.5 Å². The second-order valence-electron chi connectivity index (χ2n) is 13.4. The van der Waals surface area contributed by atoms with Crippen LogP contribution in [0.3, 0.4) is 0 Å². The summed E-state index contributed by atoms with van der Waals surface area (Å²) in [6.07, 6.45) is 0.398. The summed E-state index contributed by atoms with van der Waals surface area (Å²) in [5.41, 5.74) is 7.18. The third-order valence-corrected chi connectivity index (χ3v) is 13.4. The van der Waals surface area contributed by atoms with Gasteiger partial charge in [-0.15, -0.1) is 23.5 Å². The zero-order chi connectivity index (χ0) is 34.4. The highest BCUT2D eigenvalue weighted by atomic mass is 32.2. The van der Waals surface area contributed by atoms with Crippen molar-refractivity contribution in [1.82, 2.24) is 0 Å². The molecule has 2 atom stereocenters. The minimum absolute atomic E-state index is 0.107. The average Bonchev–Trinajstić information content (AvgIpc) is 3.57. The van der Waals surface area contributed by atoms with Crippen molar-refractivity contribution in [3.05, 3.63) is 215 Å². The monoisotopic (exact) mass is 690 g/mol. The molecule has 0 N–H and O–H groups in total. The molecule has 4 heteroatoms. The second-order valence-corrected chi connectivity index (χ2v) is 16.5. The molecule has 0 unspecified atom stereocenters. The Morgan fingerprint density at radius 2 is 0.800 bits per heavy atom. The van der Waals surface area contributed by atoms with Crippen molar-refractivity contribution in [2.24, 2.45) is 5.92 Å². The molecule has 6 aromatic carbocycles. The molecule has 0 aliphatic carbocycles. The molecule has 50 heavy (non-hydrogen) atoms. The highest BCUT2D eigenvalue weighted by Crippen LogP contribution is 2.56. The van der Waals surface area contributed by atoms with Crippen LogP contribution in [0.2, 0.25) is 0 Å². The maximum Gasteiger partial charge on any atom is 0.310 e. The smallest absolute Gasteiger partial charge is 0.310 e. The number of thioether (sulfide) groups is 2. The molecule has 6 aromatic rings. The lowest BCUT2D eigenvalue weighted by atomic mass is 9.84. The van der Waals surface area contributed by atoms with E-state index in [0.29, 0.717) is 12.2 Å².